The standard InChI is InChI=1S/C12H8FIOS/c1-7-4-9(13)2-3-10(7)12(15)8-5-11(14)16-6-8/h2-6H,1H3. The Bertz CT molecular complexity index is 548. The fourth-order valence-electron chi connectivity index (χ4n) is 1.47. The molecular formula is C12H8FIOS. The minimum absolute atomic E-state index is 0.0448. The van der Waals surface area contributed by atoms with Crippen LogP contribution in [-0.4, -0.2) is 5.78 Å². The van der Waals surface area contributed by atoms with Crippen molar-refractivity contribution in [1.82, 2.24) is 0 Å². The number of carbonyl (C=O) groups excluding carboxylic acids is 1. The number of aryl methyl sites for hydroxylation is 1. The molecule has 0 amide bonds. The molecule has 0 fully saturated rings. The van der Waals surface area contributed by atoms with E-state index in [-0.39, 0.29) is 11.6 Å². The van der Waals surface area contributed by atoms with E-state index in [0.717, 1.165) is 2.88 Å². The summed E-state index contributed by atoms with van der Waals surface area (Å²) in [5.74, 6) is -0.356. The van der Waals surface area contributed by atoms with Crippen molar-refractivity contribution in [2.45, 2.75) is 6.92 Å². The van der Waals surface area contributed by atoms with Crippen molar-refractivity contribution < 1.29 is 9.18 Å². The first-order valence-corrected chi connectivity index (χ1v) is 6.58. The second-order valence-corrected chi connectivity index (χ2v) is 6.23. The summed E-state index contributed by atoms with van der Waals surface area (Å²) in [6.07, 6.45) is 0. The average molecular weight is 346 g/mol. The third kappa shape index (κ3) is 2.32. The van der Waals surface area contributed by atoms with Crippen LogP contribution in [0, 0.1) is 15.6 Å². The van der Waals surface area contributed by atoms with Crippen molar-refractivity contribution in [2.75, 3.05) is 0 Å². The van der Waals surface area contributed by atoms with Gasteiger partial charge in [-0.25, -0.2) is 4.39 Å². The maximum atomic E-state index is 12.9. The second kappa shape index (κ2) is 4.63. The molecular weight excluding hydrogens is 338 g/mol. The lowest BCUT2D eigenvalue weighted by molar-refractivity contribution is 0.103. The molecule has 0 saturated carbocycles. The summed E-state index contributed by atoms with van der Waals surface area (Å²) in [7, 11) is 0. The molecule has 2 rings (SSSR count). The summed E-state index contributed by atoms with van der Waals surface area (Å²) in [6.45, 7) is 1.74. The van der Waals surface area contributed by atoms with E-state index in [2.05, 4.69) is 22.6 Å². The summed E-state index contributed by atoms with van der Waals surface area (Å²) in [5.41, 5.74) is 1.91. The number of ketones is 1. The van der Waals surface area contributed by atoms with Crippen LogP contribution in [0.3, 0.4) is 0 Å². The molecule has 0 spiro atoms. The topological polar surface area (TPSA) is 17.1 Å². The van der Waals surface area contributed by atoms with Gasteiger partial charge in [0, 0.05) is 16.5 Å². The lowest BCUT2D eigenvalue weighted by atomic mass is 10.0. The van der Waals surface area contributed by atoms with Gasteiger partial charge in [-0.2, -0.15) is 0 Å². The van der Waals surface area contributed by atoms with Gasteiger partial charge in [0.25, 0.3) is 0 Å². The molecule has 4 heteroatoms. The van der Waals surface area contributed by atoms with E-state index in [1.807, 2.05) is 11.4 Å². The van der Waals surface area contributed by atoms with E-state index in [1.54, 1.807) is 6.92 Å². The van der Waals surface area contributed by atoms with E-state index < -0.39 is 0 Å². The molecule has 1 aromatic heterocycles. The summed E-state index contributed by atoms with van der Waals surface area (Å²) in [6, 6.07) is 6.08. The first-order valence-electron chi connectivity index (χ1n) is 4.63. The van der Waals surface area contributed by atoms with E-state index >= 15 is 0 Å². The van der Waals surface area contributed by atoms with Gasteiger partial charge in [-0.05, 0) is 59.3 Å². The van der Waals surface area contributed by atoms with Crippen LogP contribution in [0.25, 0.3) is 0 Å². The third-order valence-electron chi connectivity index (χ3n) is 2.26. The maximum absolute atomic E-state index is 12.9. The molecule has 0 bridgehead atoms. The number of halogens is 2. The number of hydrogen-bond donors (Lipinski definition) is 0. The van der Waals surface area contributed by atoms with E-state index in [4.69, 9.17) is 0 Å². The van der Waals surface area contributed by atoms with Crippen molar-refractivity contribution in [3.8, 4) is 0 Å². The Hall–Kier alpha value is -0.750. The van der Waals surface area contributed by atoms with Gasteiger partial charge < -0.3 is 0 Å². The highest BCUT2D eigenvalue weighted by Crippen LogP contribution is 2.21. The number of thiophene rings is 1. The minimum Gasteiger partial charge on any atom is -0.289 e. The molecule has 0 atom stereocenters. The van der Waals surface area contributed by atoms with Crippen LogP contribution in [0.1, 0.15) is 21.5 Å². The molecule has 82 valence electrons. The number of benzene rings is 1. The highest BCUT2D eigenvalue weighted by Gasteiger charge is 2.13. The summed E-state index contributed by atoms with van der Waals surface area (Å²) < 4.78 is 14.0. The fraction of sp³-hybridized carbons (Fsp3) is 0.0833. The number of rotatable bonds is 2. The predicted molar refractivity (Wildman–Crippen MR) is 71.6 cm³/mol. The summed E-state index contributed by atoms with van der Waals surface area (Å²) in [5, 5.41) is 1.83. The molecule has 1 heterocycles. The van der Waals surface area contributed by atoms with Crippen molar-refractivity contribution in [1.29, 1.82) is 0 Å². The first kappa shape index (κ1) is 11.7. The van der Waals surface area contributed by atoms with Crippen LogP contribution < -0.4 is 0 Å². The minimum atomic E-state index is -0.311. The SMILES string of the molecule is Cc1cc(F)ccc1C(=O)c1csc(I)c1. The second-order valence-electron chi connectivity index (χ2n) is 3.43. The molecule has 0 N–H and O–H groups in total. The van der Waals surface area contributed by atoms with Crippen LogP contribution in [0.15, 0.2) is 29.6 Å². The van der Waals surface area contributed by atoms with E-state index in [1.165, 1.54) is 29.5 Å². The average Bonchev–Trinajstić information content (AvgIpc) is 2.64. The van der Waals surface area contributed by atoms with E-state index in [9.17, 15) is 9.18 Å². The Morgan fingerprint density at radius 2 is 2.12 bits per heavy atom. The smallest absolute Gasteiger partial charge is 0.194 e. The predicted octanol–water partition coefficient (Wildman–Crippen LogP) is 4.03. The zero-order chi connectivity index (χ0) is 11.7. The zero-order valence-corrected chi connectivity index (χ0v) is 11.4. The van der Waals surface area contributed by atoms with Crippen molar-refractivity contribution >= 4 is 39.7 Å². The van der Waals surface area contributed by atoms with Gasteiger partial charge in [0.1, 0.15) is 5.82 Å². The fourth-order valence-corrected chi connectivity index (χ4v) is 2.79. The van der Waals surface area contributed by atoms with Crippen LogP contribution in [0.4, 0.5) is 4.39 Å². The van der Waals surface area contributed by atoms with Gasteiger partial charge >= 0.3 is 0 Å². The van der Waals surface area contributed by atoms with Crippen molar-refractivity contribution in [3.63, 3.8) is 0 Å². The van der Waals surface area contributed by atoms with Crippen molar-refractivity contribution in [2.24, 2.45) is 0 Å². The molecule has 0 aliphatic rings. The largest absolute Gasteiger partial charge is 0.289 e. The molecule has 0 aliphatic carbocycles. The lowest BCUT2D eigenvalue weighted by Crippen LogP contribution is -2.02. The Morgan fingerprint density at radius 1 is 1.38 bits per heavy atom. The lowest BCUT2D eigenvalue weighted by Gasteiger charge is -2.03. The molecule has 1 nitrogen and oxygen atoms in total. The number of hydrogen-bond acceptors (Lipinski definition) is 2. The highest BCUT2D eigenvalue weighted by molar-refractivity contribution is 14.1. The summed E-state index contributed by atoms with van der Waals surface area (Å²) >= 11 is 3.70. The van der Waals surface area contributed by atoms with Gasteiger partial charge in [0.2, 0.25) is 0 Å². The monoisotopic (exact) mass is 346 g/mol. The maximum Gasteiger partial charge on any atom is 0.194 e. The summed E-state index contributed by atoms with van der Waals surface area (Å²) in [4.78, 5) is 12.1. The molecule has 2 aromatic rings. The Kier molecular flexibility index (Phi) is 3.39. The Labute approximate surface area is 110 Å². The molecule has 0 aliphatic heterocycles. The van der Waals surface area contributed by atoms with Gasteiger partial charge in [-0.15, -0.1) is 11.3 Å². The van der Waals surface area contributed by atoms with Gasteiger partial charge in [0.15, 0.2) is 5.78 Å². The molecule has 1 aromatic carbocycles. The Balaban J connectivity index is 2.41. The molecule has 0 radical (unpaired) electrons. The van der Waals surface area contributed by atoms with Crippen LogP contribution >= 0.6 is 33.9 Å². The normalized spacial score (nSPS) is 10.4. The molecule has 0 unspecified atom stereocenters. The van der Waals surface area contributed by atoms with Crippen LogP contribution in [0.5, 0.6) is 0 Å². The van der Waals surface area contributed by atoms with E-state index in [0.29, 0.717) is 16.7 Å². The van der Waals surface area contributed by atoms with Gasteiger partial charge in [-0.3, -0.25) is 4.79 Å². The highest BCUT2D eigenvalue weighted by atomic mass is 127. The van der Waals surface area contributed by atoms with Crippen LogP contribution in [-0.2, 0) is 0 Å². The van der Waals surface area contributed by atoms with Crippen molar-refractivity contribution in [3.05, 3.63) is 55.0 Å². The third-order valence-corrected chi connectivity index (χ3v) is 4.05. The Morgan fingerprint density at radius 3 is 2.69 bits per heavy atom. The van der Waals surface area contributed by atoms with Gasteiger partial charge in [0.05, 0.1) is 2.88 Å². The van der Waals surface area contributed by atoms with Crippen LogP contribution in [0.2, 0.25) is 0 Å². The molecule has 16 heavy (non-hydrogen) atoms. The number of carbonyl (C=O) groups is 1. The quantitative estimate of drug-likeness (QED) is 0.593. The van der Waals surface area contributed by atoms with Gasteiger partial charge in [-0.1, -0.05) is 0 Å². The zero-order valence-electron chi connectivity index (χ0n) is 8.46. The molecule has 0 saturated heterocycles. The first-order chi connectivity index (χ1) is 7.58.